The number of carboxylic acids is 1. The maximum atomic E-state index is 14.4. The van der Waals surface area contributed by atoms with Gasteiger partial charge in [0, 0.05) is 43.4 Å². The maximum Gasteiger partial charge on any atom is 0.304 e. The standard InChI is InChI=1S/C53H55N7O12S/c1-30-13-15-34(38(26-47(63)64)35-24-39-50(43(25-35)70-4)58(3)57-56-39)23-36(30)28-59-27-31(2)72-42-22-32(14-19-44(42)73(59,68)69)10-7-5-6-8-21-54-46(62)29-71-41-18-16-33-11-9-12-37-48(33)49(41)53(67)60(52(37)66)40-17-20-45(61)55-51(40)65/h9,11-16,18-19,22-25,31,38,40H,5-8,10,17,20-21,26-29H2,1-4H3,(H,54,62)(H,63,64)(H,55,61,65)/t31-,38+,40?/m1/s1. The number of aromatic nitrogens is 3. The smallest absolute Gasteiger partial charge is 0.304 e. The highest BCUT2D eigenvalue weighted by Crippen LogP contribution is 2.39. The molecule has 0 radical (unpaired) electrons. The van der Waals surface area contributed by atoms with Gasteiger partial charge >= 0.3 is 5.97 Å². The molecule has 5 aromatic carbocycles. The largest absolute Gasteiger partial charge is 0.494 e. The van der Waals surface area contributed by atoms with Gasteiger partial charge in [0.15, 0.2) is 6.61 Å². The zero-order valence-corrected chi connectivity index (χ0v) is 41.6. The third-order valence-corrected chi connectivity index (χ3v) is 15.6. The predicted octanol–water partition coefficient (Wildman–Crippen LogP) is 5.72. The normalized spacial score (nSPS) is 17.9. The van der Waals surface area contributed by atoms with Crippen LogP contribution in [0.15, 0.2) is 83.8 Å². The number of nitrogens with one attached hydrogen (secondary N) is 2. The molecule has 20 heteroatoms. The van der Waals surface area contributed by atoms with Crippen molar-refractivity contribution in [1.82, 2.24) is 34.8 Å². The van der Waals surface area contributed by atoms with Crippen LogP contribution in [-0.4, -0.2) is 112 Å². The number of sulfonamides is 1. The van der Waals surface area contributed by atoms with Gasteiger partial charge in [-0.2, -0.15) is 4.31 Å². The summed E-state index contributed by atoms with van der Waals surface area (Å²) >= 11 is 0. The molecule has 6 aromatic rings. The lowest BCUT2D eigenvalue weighted by Crippen LogP contribution is -2.57. The summed E-state index contributed by atoms with van der Waals surface area (Å²) < 4.78 is 49.5. The van der Waals surface area contributed by atoms with Crippen LogP contribution in [0.3, 0.4) is 0 Å². The van der Waals surface area contributed by atoms with Crippen LogP contribution in [0.25, 0.3) is 21.8 Å². The molecule has 0 spiro atoms. The van der Waals surface area contributed by atoms with E-state index < -0.39 is 70.2 Å². The minimum Gasteiger partial charge on any atom is -0.494 e. The van der Waals surface area contributed by atoms with Crippen molar-refractivity contribution in [2.24, 2.45) is 7.05 Å². The summed E-state index contributed by atoms with van der Waals surface area (Å²) in [4.78, 5) is 78.1. The van der Waals surface area contributed by atoms with E-state index in [9.17, 15) is 42.3 Å². The van der Waals surface area contributed by atoms with Crippen molar-refractivity contribution in [3.8, 4) is 17.2 Å². The molecule has 3 N–H and O–H groups in total. The van der Waals surface area contributed by atoms with E-state index in [-0.39, 0.29) is 59.9 Å². The van der Waals surface area contributed by atoms with E-state index in [0.29, 0.717) is 58.1 Å². The summed E-state index contributed by atoms with van der Waals surface area (Å²) in [6, 6.07) is 21.5. The number of nitrogens with zero attached hydrogens (tertiary/aromatic N) is 5. The van der Waals surface area contributed by atoms with Crippen LogP contribution in [0.4, 0.5) is 0 Å². The molecule has 1 unspecified atom stereocenters. The number of ether oxygens (including phenoxy) is 3. The molecule has 380 valence electrons. The number of amides is 5. The van der Waals surface area contributed by atoms with Crippen LogP contribution in [0, 0.1) is 6.92 Å². The first-order chi connectivity index (χ1) is 35.0. The number of aliphatic carboxylic acids is 1. The Labute approximate surface area is 420 Å². The van der Waals surface area contributed by atoms with Crippen LogP contribution in [0.2, 0.25) is 0 Å². The van der Waals surface area contributed by atoms with Crippen LogP contribution in [0.1, 0.15) is 106 Å². The Balaban J connectivity index is 0.781. The Morgan fingerprint density at radius 1 is 0.945 bits per heavy atom. The molecule has 0 aliphatic carbocycles. The Bertz CT molecular complexity index is 3340. The average Bonchev–Trinajstić information content (AvgIpc) is 3.70. The molecule has 1 fully saturated rings. The molecule has 5 amide bonds. The van der Waals surface area contributed by atoms with Gasteiger partial charge in [-0.3, -0.25) is 39.0 Å². The third kappa shape index (κ3) is 10.2. The van der Waals surface area contributed by atoms with Crippen molar-refractivity contribution in [2.45, 2.75) is 94.7 Å². The van der Waals surface area contributed by atoms with E-state index in [1.165, 1.54) is 11.4 Å². The summed E-state index contributed by atoms with van der Waals surface area (Å²) in [5, 5.41) is 24.4. The van der Waals surface area contributed by atoms with Crippen LogP contribution < -0.4 is 24.8 Å². The van der Waals surface area contributed by atoms with Crippen molar-refractivity contribution >= 4 is 67.3 Å². The monoisotopic (exact) mass is 1010 g/mol. The molecule has 3 atom stereocenters. The molecule has 3 aliphatic heterocycles. The van der Waals surface area contributed by atoms with E-state index in [0.717, 1.165) is 40.9 Å². The number of carboxylic acid groups (broad SMARTS) is 1. The van der Waals surface area contributed by atoms with Crippen molar-refractivity contribution in [3.05, 3.63) is 118 Å². The van der Waals surface area contributed by atoms with Gasteiger partial charge in [-0.25, -0.2) is 13.1 Å². The lowest BCUT2D eigenvalue weighted by atomic mass is 9.86. The number of imide groups is 2. The van der Waals surface area contributed by atoms with Gasteiger partial charge in [0.2, 0.25) is 21.8 Å². The van der Waals surface area contributed by atoms with Gasteiger partial charge in [0.05, 0.1) is 25.6 Å². The van der Waals surface area contributed by atoms with E-state index in [1.807, 2.05) is 38.1 Å². The van der Waals surface area contributed by atoms with Crippen molar-refractivity contribution in [2.75, 3.05) is 26.8 Å². The second kappa shape index (κ2) is 20.8. The quantitative estimate of drug-likeness (QED) is 0.0689. The zero-order valence-electron chi connectivity index (χ0n) is 40.8. The summed E-state index contributed by atoms with van der Waals surface area (Å²) in [6.45, 7) is 3.85. The number of piperidine rings is 1. The van der Waals surface area contributed by atoms with Crippen molar-refractivity contribution in [3.63, 3.8) is 0 Å². The molecule has 4 heterocycles. The molecule has 0 bridgehead atoms. The first-order valence-electron chi connectivity index (χ1n) is 24.2. The zero-order chi connectivity index (χ0) is 51.7. The second-order valence-electron chi connectivity index (χ2n) is 18.7. The van der Waals surface area contributed by atoms with Gasteiger partial charge < -0.3 is 24.6 Å². The van der Waals surface area contributed by atoms with Crippen molar-refractivity contribution in [1.29, 1.82) is 0 Å². The number of fused-ring (bicyclic) bond motifs is 2. The Morgan fingerprint density at radius 2 is 1.75 bits per heavy atom. The predicted molar refractivity (Wildman–Crippen MR) is 266 cm³/mol. The number of carbonyl (C=O) groups is 6. The first kappa shape index (κ1) is 50.2. The van der Waals surface area contributed by atoms with E-state index in [1.54, 1.807) is 66.3 Å². The summed E-state index contributed by atoms with van der Waals surface area (Å²) in [7, 11) is -0.741. The molecule has 19 nitrogen and oxygen atoms in total. The molecule has 1 aromatic heterocycles. The fourth-order valence-corrected chi connectivity index (χ4v) is 11.6. The molecule has 73 heavy (non-hydrogen) atoms. The van der Waals surface area contributed by atoms with E-state index in [2.05, 4.69) is 20.9 Å². The summed E-state index contributed by atoms with van der Waals surface area (Å²) in [5.41, 5.74) is 5.40. The van der Waals surface area contributed by atoms with E-state index in [4.69, 9.17) is 14.2 Å². The van der Waals surface area contributed by atoms with Gasteiger partial charge in [0.1, 0.15) is 45.3 Å². The number of hydrogen-bond acceptors (Lipinski definition) is 13. The lowest BCUT2D eigenvalue weighted by Gasteiger charge is -2.35. The van der Waals surface area contributed by atoms with Gasteiger partial charge in [-0.15, -0.1) is 5.10 Å². The highest BCUT2D eigenvalue weighted by molar-refractivity contribution is 7.89. The van der Waals surface area contributed by atoms with Crippen LogP contribution >= 0.6 is 0 Å². The van der Waals surface area contributed by atoms with Gasteiger partial charge in [-0.1, -0.05) is 60.5 Å². The average molecular weight is 1010 g/mol. The lowest BCUT2D eigenvalue weighted by molar-refractivity contribution is -0.138. The number of rotatable bonds is 18. The Hall–Kier alpha value is -7.71. The number of carbonyl (C=O) groups excluding carboxylic acids is 5. The minimum atomic E-state index is -4.02. The van der Waals surface area contributed by atoms with Crippen LogP contribution in [-0.2, 0) is 49.2 Å². The van der Waals surface area contributed by atoms with Crippen LogP contribution in [0.5, 0.6) is 17.2 Å². The van der Waals surface area contributed by atoms with Gasteiger partial charge in [-0.05, 0) is 109 Å². The molecule has 9 rings (SSSR count). The Kier molecular flexibility index (Phi) is 14.3. The minimum absolute atomic E-state index is 0.00290. The van der Waals surface area contributed by atoms with Gasteiger partial charge in [0.25, 0.3) is 17.7 Å². The van der Waals surface area contributed by atoms with Crippen molar-refractivity contribution < 1.29 is 56.5 Å². The summed E-state index contributed by atoms with van der Waals surface area (Å²) in [6.07, 6.45) is 3.10. The second-order valence-corrected chi connectivity index (χ2v) is 20.6. The van der Waals surface area contributed by atoms with E-state index >= 15 is 0 Å². The first-order valence-corrected chi connectivity index (χ1v) is 25.6. The number of unbranched alkanes of at least 4 members (excludes halogenated alkanes) is 3. The number of aryl methyl sites for hydroxylation is 3. The number of benzene rings is 5. The topological polar surface area (TPSA) is 246 Å². The molecule has 3 aliphatic rings. The highest BCUT2D eigenvalue weighted by atomic mass is 32.2. The summed E-state index contributed by atoms with van der Waals surface area (Å²) in [5.74, 6) is -3.70. The molecule has 1 saturated heterocycles. The fourth-order valence-electron chi connectivity index (χ4n) is 10.00. The number of methoxy groups -OCH3 is 1. The molecular weight excluding hydrogens is 959 g/mol. The maximum absolute atomic E-state index is 14.4. The third-order valence-electron chi connectivity index (χ3n) is 13.7. The fraction of sp³-hybridized carbons (Fsp3) is 0.358. The number of hydrogen-bond donors (Lipinski definition) is 3. The molecular formula is C53H55N7O12S. The molecule has 0 saturated carbocycles. The highest BCUT2D eigenvalue weighted by Gasteiger charge is 2.44. The SMILES string of the molecule is COc1cc([C@@H](CC(=O)O)c2ccc(C)c(CN3C[C@@H](C)Oc4cc(CCCCCCNC(=O)COc5ccc6cccc7c6c5C(=O)N(C5CCC(=O)NC5=O)C7=O)ccc4S3(=O)=O)c2)cc2nnn(C)c12. The Morgan fingerprint density at radius 3 is 2.53 bits per heavy atom.